The van der Waals surface area contributed by atoms with E-state index in [4.69, 9.17) is 4.74 Å². The lowest BCUT2D eigenvalue weighted by atomic mass is 10.2. The molecular weight excluding hydrogens is 446 g/mol. The number of aromatic nitrogens is 3. The zero-order chi connectivity index (χ0) is 23.8. The van der Waals surface area contributed by atoms with Gasteiger partial charge in [0.1, 0.15) is 5.75 Å². The molecule has 34 heavy (non-hydrogen) atoms. The largest absolute Gasteiger partial charge is 0.494 e. The summed E-state index contributed by atoms with van der Waals surface area (Å²) in [6.45, 7) is 4.57. The molecule has 0 radical (unpaired) electrons. The first-order valence-corrected chi connectivity index (χ1v) is 11.9. The summed E-state index contributed by atoms with van der Waals surface area (Å²) in [6.07, 6.45) is 1.62. The Kier molecular flexibility index (Phi) is 7.72. The van der Waals surface area contributed by atoms with Crippen molar-refractivity contribution < 1.29 is 9.53 Å². The number of aryl methyl sites for hydroxylation is 1. The second-order valence-corrected chi connectivity index (χ2v) is 8.37. The lowest BCUT2D eigenvalue weighted by molar-refractivity contribution is -0.118. The summed E-state index contributed by atoms with van der Waals surface area (Å²) in [4.78, 5) is 12.4. The number of nitrogens with zero attached hydrogens (tertiary/aromatic N) is 4. The van der Waals surface area contributed by atoms with Gasteiger partial charge in [-0.25, -0.2) is 5.43 Å². The molecule has 3 aromatic carbocycles. The van der Waals surface area contributed by atoms with Gasteiger partial charge in [-0.3, -0.25) is 9.36 Å². The standard InChI is InChI=1S/C26H25N5O2S/c1-3-33-23-15-13-22(14-16-23)31-25(21-7-5-4-6-8-21)29-30-26(31)34-18-24(32)28-27-17-20-11-9-19(2)10-12-20/h4-17H,3,18H2,1-2H3,(H,28,32)/b27-17+. The third kappa shape index (κ3) is 5.90. The zero-order valence-electron chi connectivity index (χ0n) is 19.0. The molecule has 0 saturated carbocycles. The fourth-order valence-electron chi connectivity index (χ4n) is 3.22. The summed E-state index contributed by atoms with van der Waals surface area (Å²) in [5, 5.41) is 13.4. The number of benzene rings is 3. The molecule has 0 atom stereocenters. The second kappa shape index (κ2) is 11.3. The summed E-state index contributed by atoms with van der Waals surface area (Å²) < 4.78 is 7.51. The van der Waals surface area contributed by atoms with Gasteiger partial charge in [0, 0.05) is 11.3 Å². The van der Waals surface area contributed by atoms with Gasteiger partial charge in [-0.2, -0.15) is 5.10 Å². The minimum absolute atomic E-state index is 0.148. The number of amides is 1. The highest BCUT2D eigenvalue weighted by atomic mass is 32.2. The van der Waals surface area contributed by atoms with Crippen molar-refractivity contribution in [1.82, 2.24) is 20.2 Å². The molecule has 1 heterocycles. The van der Waals surface area contributed by atoms with Crippen molar-refractivity contribution in [3.8, 4) is 22.8 Å². The van der Waals surface area contributed by atoms with Crippen LogP contribution in [0.25, 0.3) is 17.1 Å². The Bertz CT molecular complexity index is 1250. The van der Waals surface area contributed by atoms with Gasteiger partial charge >= 0.3 is 0 Å². The smallest absolute Gasteiger partial charge is 0.250 e. The first-order chi connectivity index (χ1) is 16.6. The van der Waals surface area contributed by atoms with Gasteiger partial charge in [-0.1, -0.05) is 71.9 Å². The Balaban J connectivity index is 1.50. The van der Waals surface area contributed by atoms with Gasteiger partial charge in [0.2, 0.25) is 0 Å². The normalized spacial score (nSPS) is 11.0. The Morgan fingerprint density at radius 1 is 1.03 bits per heavy atom. The van der Waals surface area contributed by atoms with Gasteiger partial charge in [0.05, 0.1) is 18.6 Å². The highest BCUT2D eigenvalue weighted by Gasteiger charge is 2.17. The van der Waals surface area contributed by atoms with Gasteiger partial charge < -0.3 is 4.74 Å². The molecule has 0 fully saturated rings. The number of hydrogen-bond donors (Lipinski definition) is 1. The molecule has 0 bridgehead atoms. The first-order valence-electron chi connectivity index (χ1n) is 10.9. The Hall–Kier alpha value is -3.91. The van der Waals surface area contributed by atoms with Crippen molar-refractivity contribution >= 4 is 23.9 Å². The van der Waals surface area contributed by atoms with Crippen molar-refractivity contribution in [2.45, 2.75) is 19.0 Å². The van der Waals surface area contributed by atoms with Crippen molar-refractivity contribution in [2.75, 3.05) is 12.4 Å². The van der Waals surface area contributed by atoms with E-state index < -0.39 is 0 Å². The third-order valence-corrected chi connectivity index (χ3v) is 5.81. The molecule has 8 heteroatoms. The molecule has 0 aliphatic carbocycles. The van der Waals surface area contributed by atoms with E-state index in [2.05, 4.69) is 20.7 Å². The molecule has 0 spiro atoms. The average Bonchev–Trinajstić information content (AvgIpc) is 3.29. The van der Waals surface area contributed by atoms with Gasteiger partial charge in [-0.15, -0.1) is 10.2 Å². The summed E-state index contributed by atoms with van der Waals surface area (Å²) in [5.41, 5.74) is 6.47. The van der Waals surface area contributed by atoms with Crippen LogP contribution in [0.1, 0.15) is 18.1 Å². The summed E-state index contributed by atoms with van der Waals surface area (Å²) >= 11 is 1.30. The summed E-state index contributed by atoms with van der Waals surface area (Å²) in [6, 6.07) is 25.5. The SMILES string of the molecule is CCOc1ccc(-n2c(SCC(=O)N/N=C/c3ccc(C)cc3)nnc2-c2ccccc2)cc1. The Labute approximate surface area is 202 Å². The molecule has 0 saturated heterocycles. The van der Waals surface area contributed by atoms with Crippen LogP contribution in [-0.4, -0.2) is 39.2 Å². The molecule has 1 amide bonds. The maximum Gasteiger partial charge on any atom is 0.250 e. The zero-order valence-corrected chi connectivity index (χ0v) is 19.8. The molecule has 4 aromatic rings. The Morgan fingerprint density at radius 3 is 2.47 bits per heavy atom. The highest BCUT2D eigenvalue weighted by Crippen LogP contribution is 2.28. The van der Waals surface area contributed by atoms with E-state index in [0.717, 1.165) is 22.6 Å². The monoisotopic (exact) mass is 471 g/mol. The van der Waals surface area contributed by atoms with Crippen LogP contribution in [0.3, 0.4) is 0 Å². The van der Waals surface area contributed by atoms with Crippen LogP contribution in [0.2, 0.25) is 0 Å². The van der Waals surface area contributed by atoms with E-state index in [9.17, 15) is 4.79 Å². The minimum atomic E-state index is -0.226. The highest BCUT2D eigenvalue weighted by molar-refractivity contribution is 7.99. The molecule has 0 aliphatic heterocycles. The lowest BCUT2D eigenvalue weighted by Crippen LogP contribution is -2.20. The molecule has 4 rings (SSSR count). The number of rotatable bonds is 9. The number of carbonyl (C=O) groups excluding carboxylic acids is 1. The van der Waals surface area contributed by atoms with Crippen LogP contribution in [0.4, 0.5) is 0 Å². The fraction of sp³-hybridized carbons (Fsp3) is 0.154. The first kappa shape index (κ1) is 23.3. The van der Waals surface area contributed by atoms with Crippen LogP contribution in [0.5, 0.6) is 5.75 Å². The quantitative estimate of drug-likeness (QED) is 0.214. The molecule has 172 valence electrons. The van der Waals surface area contributed by atoms with E-state index >= 15 is 0 Å². The number of hydrogen-bond acceptors (Lipinski definition) is 6. The maximum absolute atomic E-state index is 12.4. The predicted octanol–water partition coefficient (Wildman–Crippen LogP) is 4.88. The number of ether oxygens (including phenoxy) is 1. The van der Waals surface area contributed by atoms with Crippen LogP contribution in [0.15, 0.2) is 89.1 Å². The molecular formula is C26H25N5O2S. The van der Waals surface area contributed by atoms with Crippen LogP contribution in [0, 0.1) is 6.92 Å². The van der Waals surface area contributed by atoms with E-state index in [1.807, 2.05) is 97.3 Å². The average molecular weight is 472 g/mol. The molecule has 7 nitrogen and oxygen atoms in total. The number of hydrazone groups is 1. The van der Waals surface area contributed by atoms with Crippen molar-refractivity contribution in [2.24, 2.45) is 5.10 Å². The minimum Gasteiger partial charge on any atom is -0.494 e. The van der Waals surface area contributed by atoms with Gasteiger partial charge in [-0.05, 0) is 43.7 Å². The maximum atomic E-state index is 12.4. The molecule has 1 N–H and O–H groups in total. The third-order valence-electron chi connectivity index (χ3n) is 4.88. The molecule has 0 aliphatic rings. The van der Waals surface area contributed by atoms with Crippen molar-refractivity contribution in [3.05, 3.63) is 90.0 Å². The topological polar surface area (TPSA) is 81.4 Å². The van der Waals surface area contributed by atoms with Gasteiger partial charge in [0.15, 0.2) is 11.0 Å². The van der Waals surface area contributed by atoms with Gasteiger partial charge in [0.25, 0.3) is 5.91 Å². The van der Waals surface area contributed by atoms with E-state index in [1.54, 1.807) is 6.21 Å². The van der Waals surface area contributed by atoms with Crippen molar-refractivity contribution in [1.29, 1.82) is 0 Å². The predicted molar refractivity (Wildman–Crippen MR) is 136 cm³/mol. The summed E-state index contributed by atoms with van der Waals surface area (Å²) in [5.74, 6) is 1.41. The Morgan fingerprint density at radius 2 is 1.76 bits per heavy atom. The van der Waals surface area contributed by atoms with Crippen molar-refractivity contribution in [3.63, 3.8) is 0 Å². The van der Waals surface area contributed by atoms with Crippen LogP contribution in [-0.2, 0) is 4.79 Å². The van der Waals surface area contributed by atoms with E-state index in [1.165, 1.54) is 17.3 Å². The second-order valence-electron chi connectivity index (χ2n) is 7.43. The number of thioether (sulfide) groups is 1. The van der Waals surface area contributed by atoms with E-state index in [0.29, 0.717) is 17.6 Å². The van der Waals surface area contributed by atoms with Crippen LogP contribution >= 0.6 is 11.8 Å². The van der Waals surface area contributed by atoms with E-state index in [-0.39, 0.29) is 11.7 Å². The van der Waals surface area contributed by atoms with Crippen LogP contribution < -0.4 is 10.2 Å². The molecule has 1 aromatic heterocycles. The summed E-state index contributed by atoms with van der Waals surface area (Å²) in [7, 11) is 0. The number of nitrogens with one attached hydrogen (secondary N) is 1. The molecule has 0 unspecified atom stereocenters. The fourth-order valence-corrected chi connectivity index (χ4v) is 3.97. The lowest BCUT2D eigenvalue weighted by Gasteiger charge is -2.11. The number of carbonyl (C=O) groups is 1.